The van der Waals surface area contributed by atoms with Crippen LogP contribution in [0.2, 0.25) is 0 Å². The molecule has 1 N–H and O–H groups in total. The van der Waals surface area contributed by atoms with Crippen molar-refractivity contribution in [2.75, 3.05) is 18.7 Å². The summed E-state index contributed by atoms with van der Waals surface area (Å²) in [6, 6.07) is 22.3. The van der Waals surface area contributed by atoms with Gasteiger partial charge in [0.15, 0.2) is 11.5 Å². The van der Waals surface area contributed by atoms with E-state index < -0.39 is 0 Å². The molecular weight excluding hydrogens is 456 g/mol. The van der Waals surface area contributed by atoms with Gasteiger partial charge in [0.1, 0.15) is 11.5 Å². The van der Waals surface area contributed by atoms with Crippen molar-refractivity contribution in [1.29, 1.82) is 0 Å². The third kappa shape index (κ3) is 4.20. The van der Waals surface area contributed by atoms with E-state index in [4.69, 9.17) is 13.9 Å². The summed E-state index contributed by atoms with van der Waals surface area (Å²) in [7, 11) is 0. The SMILES string of the molecule is Cc1ccc(C(=O)Nc2cccc(-c3cc4c(o3)CCN(C(=O)c3ccc5c(c3)OCO5)C4)c2)cc1. The highest BCUT2D eigenvalue weighted by Crippen LogP contribution is 2.34. The van der Waals surface area contributed by atoms with Crippen LogP contribution in [0.25, 0.3) is 11.3 Å². The largest absolute Gasteiger partial charge is 0.461 e. The van der Waals surface area contributed by atoms with Gasteiger partial charge in [0, 0.05) is 47.5 Å². The Morgan fingerprint density at radius 3 is 2.56 bits per heavy atom. The van der Waals surface area contributed by atoms with Crippen molar-refractivity contribution in [3.8, 4) is 22.8 Å². The summed E-state index contributed by atoms with van der Waals surface area (Å²) in [6.45, 7) is 3.20. The topological polar surface area (TPSA) is 81.0 Å². The van der Waals surface area contributed by atoms with E-state index in [1.165, 1.54) is 0 Å². The summed E-state index contributed by atoms with van der Waals surface area (Å²) < 4.78 is 16.9. The summed E-state index contributed by atoms with van der Waals surface area (Å²) in [5, 5.41) is 2.95. The monoisotopic (exact) mass is 480 g/mol. The number of aryl methyl sites for hydroxylation is 1. The van der Waals surface area contributed by atoms with Crippen LogP contribution in [-0.2, 0) is 13.0 Å². The molecule has 7 nitrogen and oxygen atoms in total. The lowest BCUT2D eigenvalue weighted by molar-refractivity contribution is 0.0729. The summed E-state index contributed by atoms with van der Waals surface area (Å²) in [4.78, 5) is 27.6. The Morgan fingerprint density at radius 2 is 1.69 bits per heavy atom. The number of hydrogen-bond acceptors (Lipinski definition) is 5. The number of nitrogens with one attached hydrogen (secondary N) is 1. The number of carbonyl (C=O) groups excluding carboxylic acids is 2. The van der Waals surface area contributed by atoms with Gasteiger partial charge in [-0.05, 0) is 55.5 Å². The van der Waals surface area contributed by atoms with Gasteiger partial charge in [-0.2, -0.15) is 0 Å². The van der Waals surface area contributed by atoms with Crippen LogP contribution in [0, 0.1) is 6.92 Å². The minimum absolute atomic E-state index is 0.0532. The van der Waals surface area contributed by atoms with E-state index in [0.29, 0.717) is 53.6 Å². The van der Waals surface area contributed by atoms with Crippen LogP contribution in [0.3, 0.4) is 0 Å². The second kappa shape index (κ2) is 8.92. The van der Waals surface area contributed by atoms with Crippen molar-refractivity contribution in [3.05, 3.63) is 101 Å². The van der Waals surface area contributed by atoms with Crippen LogP contribution in [0.4, 0.5) is 5.69 Å². The number of nitrogens with zero attached hydrogens (tertiary/aromatic N) is 1. The molecule has 7 heteroatoms. The fourth-order valence-corrected chi connectivity index (χ4v) is 4.52. The Hall–Kier alpha value is -4.52. The Bertz CT molecular complexity index is 1470. The molecule has 1 aromatic heterocycles. The molecular formula is C29H24N2O5. The van der Waals surface area contributed by atoms with Crippen LogP contribution in [0.1, 0.15) is 37.6 Å². The van der Waals surface area contributed by atoms with Crippen LogP contribution < -0.4 is 14.8 Å². The zero-order valence-corrected chi connectivity index (χ0v) is 19.7. The summed E-state index contributed by atoms with van der Waals surface area (Å²) in [6.07, 6.45) is 0.634. The molecule has 0 bridgehead atoms. The lowest BCUT2D eigenvalue weighted by Gasteiger charge is -2.26. The molecule has 2 aliphatic rings. The standard InChI is InChI=1S/C29H24N2O5/c1-18-5-7-19(8-6-18)28(32)30-23-4-2-3-20(13-23)26-15-22-16-31(12-11-24(22)36-26)29(33)21-9-10-25-27(14-21)35-17-34-25/h2-10,13-15H,11-12,16-17H2,1H3,(H,30,32). The van der Waals surface area contributed by atoms with E-state index >= 15 is 0 Å². The van der Waals surface area contributed by atoms with Gasteiger partial charge in [0.25, 0.3) is 11.8 Å². The van der Waals surface area contributed by atoms with Gasteiger partial charge in [0.2, 0.25) is 6.79 Å². The van der Waals surface area contributed by atoms with E-state index in [-0.39, 0.29) is 18.6 Å². The second-order valence-electron chi connectivity index (χ2n) is 9.00. The quantitative estimate of drug-likeness (QED) is 0.421. The Morgan fingerprint density at radius 1 is 0.889 bits per heavy atom. The first-order valence-electron chi connectivity index (χ1n) is 11.8. The number of furan rings is 1. The van der Waals surface area contributed by atoms with Crippen LogP contribution in [0.5, 0.6) is 11.5 Å². The van der Waals surface area contributed by atoms with Gasteiger partial charge >= 0.3 is 0 Å². The lowest BCUT2D eigenvalue weighted by Crippen LogP contribution is -2.35. The third-order valence-corrected chi connectivity index (χ3v) is 6.49. The predicted molar refractivity (Wildman–Crippen MR) is 134 cm³/mol. The molecule has 0 spiro atoms. The molecule has 2 aliphatic heterocycles. The summed E-state index contributed by atoms with van der Waals surface area (Å²) >= 11 is 0. The highest BCUT2D eigenvalue weighted by atomic mass is 16.7. The molecule has 3 aromatic carbocycles. The molecule has 180 valence electrons. The molecule has 0 unspecified atom stereocenters. The maximum absolute atomic E-state index is 13.1. The van der Waals surface area contributed by atoms with E-state index in [1.54, 1.807) is 18.2 Å². The van der Waals surface area contributed by atoms with Gasteiger partial charge in [-0.1, -0.05) is 29.8 Å². The molecule has 6 rings (SSSR count). The number of anilines is 1. The number of amides is 2. The Kier molecular flexibility index (Phi) is 5.45. The molecule has 0 aliphatic carbocycles. The molecule has 0 saturated heterocycles. The van der Waals surface area contributed by atoms with E-state index in [2.05, 4.69) is 5.32 Å². The molecule has 2 amide bonds. The average Bonchev–Trinajstić information content (AvgIpc) is 3.55. The maximum atomic E-state index is 13.1. The third-order valence-electron chi connectivity index (χ3n) is 6.49. The molecule has 0 radical (unpaired) electrons. The number of fused-ring (bicyclic) bond motifs is 2. The highest BCUT2D eigenvalue weighted by Gasteiger charge is 2.26. The van der Waals surface area contributed by atoms with Crippen molar-refractivity contribution in [2.45, 2.75) is 19.9 Å². The summed E-state index contributed by atoms with van der Waals surface area (Å²) in [5.41, 5.74) is 4.81. The van der Waals surface area contributed by atoms with Gasteiger partial charge in [-0.25, -0.2) is 0 Å². The fourth-order valence-electron chi connectivity index (χ4n) is 4.52. The second-order valence-corrected chi connectivity index (χ2v) is 9.00. The maximum Gasteiger partial charge on any atom is 0.255 e. The normalized spacial score (nSPS) is 13.9. The smallest absolute Gasteiger partial charge is 0.255 e. The first-order valence-corrected chi connectivity index (χ1v) is 11.8. The van der Waals surface area contributed by atoms with E-state index in [9.17, 15) is 9.59 Å². The molecule has 0 atom stereocenters. The molecule has 3 heterocycles. The zero-order valence-electron chi connectivity index (χ0n) is 19.7. The number of hydrogen-bond donors (Lipinski definition) is 1. The number of carbonyl (C=O) groups is 2. The van der Waals surface area contributed by atoms with Crippen LogP contribution in [0.15, 0.2) is 77.2 Å². The van der Waals surface area contributed by atoms with Gasteiger partial charge in [-0.3, -0.25) is 9.59 Å². The minimum Gasteiger partial charge on any atom is -0.461 e. The Labute approximate surface area is 208 Å². The molecule has 0 saturated carbocycles. The van der Waals surface area contributed by atoms with Crippen molar-refractivity contribution in [1.82, 2.24) is 4.90 Å². The van der Waals surface area contributed by atoms with Crippen LogP contribution >= 0.6 is 0 Å². The van der Waals surface area contributed by atoms with E-state index in [0.717, 1.165) is 22.5 Å². The molecule has 36 heavy (non-hydrogen) atoms. The van der Waals surface area contributed by atoms with Gasteiger partial charge in [-0.15, -0.1) is 0 Å². The zero-order chi connectivity index (χ0) is 24.6. The summed E-state index contributed by atoms with van der Waals surface area (Å²) in [5.74, 6) is 2.63. The highest BCUT2D eigenvalue weighted by molar-refractivity contribution is 6.04. The average molecular weight is 481 g/mol. The predicted octanol–water partition coefficient (Wildman–Crippen LogP) is 5.43. The van der Waals surface area contributed by atoms with Crippen LogP contribution in [-0.4, -0.2) is 30.1 Å². The Balaban J connectivity index is 1.18. The van der Waals surface area contributed by atoms with Gasteiger partial charge in [0.05, 0.1) is 0 Å². The lowest BCUT2D eigenvalue weighted by atomic mass is 10.1. The minimum atomic E-state index is -0.163. The molecule has 0 fully saturated rings. The number of benzene rings is 3. The molecule has 4 aromatic rings. The number of ether oxygens (including phenoxy) is 2. The van der Waals surface area contributed by atoms with Crippen molar-refractivity contribution in [2.24, 2.45) is 0 Å². The van der Waals surface area contributed by atoms with Crippen molar-refractivity contribution < 1.29 is 23.5 Å². The first kappa shape index (κ1) is 22.0. The fraction of sp³-hybridized carbons (Fsp3) is 0.172. The first-order chi connectivity index (χ1) is 17.5. The number of rotatable bonds is 4. The van der Waals surface area contributed by atoms with Crippen molar-refractivity contribution in [3.63, 3.8) is 0 Å². The van der Waals surface area contributed by atoms with Crippen molar-refractivity contribution >= 4 is 17.5 Å². The van der Waals surface area contributed by atoms with Gasteiger partial charge < -0.3 is 24.1 Å². The van der Waals surface area contributed by atoms with E-state index in [1.807, 2.05) is 66.4 Å².